The fraction of sp³-hybridized carbons (Fsp3) is 0.571. The van der Waals surface area contributed by atoms with Crippen molar-refractivity contribution in [2.45, 2.75) is 47.2 Å². The van der Waals surface area contributed by atoms with Gasteiger partial charge < -0.3 is 5.32 Å². The van der Waals surface area contributed by atoms with Crippen LogP contribution in [0.25, 0.3) is 0 Å². The third kappa shape index (κ3) is 3.48. The summed E-state index contributed by atoms with van der Waals surface area (Å²) in [5.41, 5.74) is 1.54. The van der Waals surface area contributed by atoms with Gasteiger partial charge in [-0.1, -0.05) is 6.92 Å². The molecule has 1 N–H and O–H groups in total. The third-order valence-electron chi connectivity index (χ3n) is 3.35. The van der Waals surface area contributed by atoms with Gasteiger partial charge in [-0.3, -0.25) is 9.48 Å². The van der Waals surface area contributed by atoms with E-state index in [4.69, 9.17) is 0 Å². The molecule has 1 amide bonds. The van der Waals surface area contributed by atoms with Crippen LogP contribution in [0, 0.1) is 20.8 Å². The molecule has 114 valence electrons. The lowest BCUT2D eigenvalue weighted by Gasteiger charge is -2.06. The highest BCUT2D eigenvalue weighted by atomic mass is 16.1. The summed E-state index contributed by atoms with van der Waals surface area (Å²) in [5, 5.41) is 11.4. The molecule has 21 heavy (non-hydrogen) atoms. The maximum absolute atomic E-state index is 12.2. The molecule has 0 aliphatic heterocycles. The van der Waals surface area contributed by atoms with Gasteiger partial charge in [-0.05, 0) is 27.2 Å². The summed E-state index contributed by atoms with van der Waals surface area (Å²) >= 11 is 0. The van der Waals surface area contributed by atoms with Crippen LogP contribution in [-0.2, 0) is 13.1 Å². The van der Waals surface area contributed by atoms with Crippen LogP contribution in [0.3, 0.4) is 0 Å². The smallest absolute Gasteiger partial charge is 0.254 e. The molecule has 7 nitrogen and oxygen atoms in total. The molecule has 2 rings (SSSR count). The van der Waals surface area contributed by atoms with E-state index in [2.05, 4.69) is 27.4 Å². The molecule has 0 aliphatic carbocycles. The van der Waals surface area contributed by atoms with Gasteiger partial charge in [0, 0.05) is 18.8 Å². The van der Waals surface area contributed by atoms with Gasteiger partial charge in [0.15, 0.2) is 0 Å². The van der Waals surface area contributed by atoms with Crippen LogP contribution >= 0.6 is 0 Å². The van der Waals surface area contributed by atoms with Crippen molar-refractivity contribution < 1.29 is 4.79 Å². The highest BCUT2D eigenvalue weighted by molar-refractivity contribution is 5.94. The average molecular weight is 290 g/mol. The maximum atomic E-state index is 12.2. The van der Waals surface area contributed by atoms with Crippen molar-refractivity contribution in [3.05, 3.63) is 29.1 Å². The molecule has 2 heterocycles. The first-order valence-electron chi connectivity index (χ1n) is 7.21. The van der Waals surface area contributed by atoms with Gasteiger partial charge >= 0.3 is 0 Å². The predicted molar refractivity (Wildman–Crippen MR) is 79.1 cm³/mol. The molecule has 0 aliphatic rings. The fourth-order valence-corrected chi connectivity index (χ4v) is 2.25. The number of nitrogens with zero attached hydrogens (tertiary/aromatic N) is 5. The second-order valence-electron chi connectivity index (χ2n) is 5.05. The summed E-state index contributed by atoms with van der Waals surface area (Å²) in [7, 11) is 0. The van der Waals surface area contributed by atoms with Crippen LogP contribution in [0.15, 0.2) is 6.20 Å². The van der Waals surface area contributed by atoms with Crippen molar-refractivity contribution in [1.82, 2.24) is 29.9 Å². The van der Waals surface area contributed by atoms with E-state index in [1.165, 1.54) is 0 Å². The lowest BCUT2D eigenvalue weighted by Crippen LogP contribution is -2.28. The second kappa shape index (κ2) is 6.51. The molecule has 0 fully saturated rings. The number of carbonyl (C=O) groups is 1. The van der Waals surface area contributed by atoms with Crippen molar-refractivity contribution in [3.63, 3.8) is 0 Å². The van der Waals surface area contributed by atoms with E-state index in [0.717, 1.165) is 30.3 Å². The van der Waals surface area contributed by atoms with Crippen LogP contribution in [-0.4, -0.2) is 37.0 Å². The van der Waals surface area contributed by atoms with Crippen LogP contribution < -0.4 is 5.32 Å². The summed E-state index contributed by atoms with van der Waals surface area (Å²) in [6.45, 7) is 9.72. The molecule has 0 saturated carbocycles. The van der Waals surface area contributed by atoms with Crippen molar-refractivity contribution in [2.75, 3.05) is 6.54 Å². The molecule has 0 atom stereocenters. The summed E-state index contributed by atoms with van der Waals surface area (Å²) in [4.78, 5) is 16.4. The zero-order valence-corrected chi connectivity index (χ0v) is 13.1. The zero-order valence-electron chi connectivity index (χ0n) is 13.1. The fourth-order valence-electron chi connectivity index (χ4n) is 2.25. The Morgan fingerprint density at radius 1 is 1.24 bits per heavy atom. The highest BCUT2D eigenvalue weighted by Crippen LogP contribution is 2.07. The first kappa shape index (κ1) is 15.2. The summed E-state index contributed by atoms with van der Waals surface area (Å²) in [5.74, 6) is 1.51. The van der Waals surface area contributed by atoms with Gasteiger partial charge in [0.05, 0.1) is 18.3 Å². The lowest BCUT2D eigenvalue weighted by atomic mass is 10.2. The number of hydrogen-bond donors (Lipinski definition) is 1. The number of amides is 1. The molecule has 7 heteroatoms. The van der Waals surface area contributed by atoms with E-state index in [-0.39, 0.29) is 5.91 Å². The number of aryl methyl sites for hydroxylation is 3. The van der Waals surface area contributed by atoms with Gasteiger partial charge in [-0.25, -0.2) is 9.67 Å². The number of carbonyl (C=O) groups excluding carboxylic acids is 1. The van der Waals surface area contributed by atoms with Crippen molar-refractivity contribution in [2.24, 2.45) is 0 Å². The largest absolute Gasteiger partial charge is 0.350 e. The molecule has 0 aromatic carbocycles. The first-order chi connectivity index (χ1) is 10.0. The second-order valence-corrected chi connectivity index (χ2v) is 5.05. The van der Waals surface area contributed by atoms with E-state index in [0.29, 0.717) is 18.7 Å². The number of aromatic nitrogens is 5. The Balaban J connectivity index is 1.91. The Morgan fingerprint density at radius 3 is 2.62 bits per heavy atom. The Hall–Kier alpha value is -2.18. The SMILES string of the molecule is CCCn1ncc(C(=O)NCCn2nc(C)nc2C)c1C. The van der Waals surface area contributed by atoms with Crippen LogP contribution in [0.2, 0.25) is 0 Å². The topological polar surface area (TPSA) is 77.6 Å². The predicted octanol–water partition coefficient (Wildman–Crippen LogP) is 1.24. The van der Waals surface area contributed by atoms with Crippen molar-refractivity contribution in [3.8, 4) is 0 Å². The molecule has 0 spiro atoms. The minimum atomic E-state index is -0.0932. The summed E-state index contributed by atoms with van der Waals surface area (Å²) in [6, 6.07) is 0. The monoisotopic (exact) mass is 290 g/mol. The number of hydrogen-bond acceptors (Lipinski definition) is 4. The van der Waals surface area contributed by atoms with Crippen molar-refractivity contribution >= 4 is 5.91 Å². The van der Waals surface area contributed by atoms with E-state index >= 15 is 0 Å². The average Bonchev–Trinajstić information content (AvgIpc) is 2.94. The van der Waals surface area contributed by atoms with Crippen LogP contribution in [0.1, 0.15) is 41.0 Å². The normalized spacial score (nSPS) is 10.9. The molecule has 0 unspecified atom stereocenters. The number of nitrogens with one attached hydrogen (secondary N) is 1. The quantitative estimate of drug-likeness (QED) is 0.868. The maximum Gasteiger partial charge on any atom is 0.254 e. The first-order valence-corrected chi connectivity index (χ1v) is 7.21. The Labute approximate surface area is 124 Å². The van der Waals surface area contributed by atoms with Gasteiger partial charge in [0.1, 0.15) is 11.6 Å². The van der Waals surface area contributed by atoms with Gasteiger partial charge in [-0.15, -0.1) is 0 Å². The molecular weight excluding hydrogens is 268 g/mol. The van der Waals surface area contributed by atoms with E-state index < -0.39 is 0 Å². The summed E-state index contributed by atoms with van der Waals surface area (Å²) in [6.07, 6.45) is 2.62. The number of rotatable bonds is 6. The summed E-state index contributed by atoms with van der Waals surface area (Å²) < 4.78 is 3.66. The van der Waals surface area contributed by atoms with Gasteiger partial charge in [0.25, 0.3) is 5.91 Å². The lowest BCUT2D eigenvalue weighted by molar-refractivity contribution is 0.0951. The Kier molecular flexibility index (Phi) is 4.72. The van der Waals surface area contributed by atoms with Crippen LogP contribution in [0.5, 0.6) is 0 Å². The molecule has 0 saturated heterocycles. The minimum Gasteiger partial charge on any atom is -0.350 e. The molecular formula is C14H22N6O. The highest BCUT2D eigenvalue weighted by Gasteiger charge is 2.13. The molecule has 0 bridgehead atoms. The zero-order chi connectivity index (χ0) is 15.4. The van der Waals surface area contributed by atoms with E-state index in [1.54, 1.807) is 10.9 Å². The molecule has 0 radical (unpaired) electrons. The van der Waals surface area contributed by atoms with Gasteiger partial charge in [-0.2, -0.15) is 10.2 Å². The third-order valence-corrected chi connectivity index (χ3v) is 3.35. The van der Waals surface area contributed by atoms with Crippen LogP contribution in [0.4, 0.5) is 0 Å². The standard InChI is InChI=1S/C14H22N6O/c1-5-7-19-10(2)13(9-16-19)14(21)15-6-8-20-12(4)17-11(3)18-20/h9H,5-8H2,1-4H3,(H,15,21). The van der Waals surface area contributed by atoms with E-state index in [9.17, 15) is 4.79 Å². The Morgan fingerprint density at radius 2 is 2.00 bits per heavy atom. The van der Waals surface area contributed by atoms with E-state index in [1.807, 2.05) is 25.5 Å². The van der Waals surface area contributed by atoms with Gasteiger partial charge in [0.2, 0.25) is 0 Å². The molecule has 2 aromatic heterocycles. The van der Waals surface area contributed by atoms with Crippen molar-refractivity contribution in [1.29, 1.82) is 0 Å². The minimum absolute atomic E-state index is 0.0932. The Bertz CT molecular complexity index is 627. The molecule has 2 aromatic rings.